The second-order valence-corrected chi connectivity index (χ2v) is 6.56. The molecule has 2 aliphatic heterocycles. The summed E-state index contributed by atoms with van der Waals surface area (Å²) in [7, 11) is 0. The van der Waals surface area contributed by atoms with Crippen molar-refractivity contribution in [3.8, 4) is 0 Å². The molecule has 3 rings (SSSR count). The molecule has 0 N–H and O–H groups in total. The zero-order chi connectivity index (χ0) is 16.4. The first kappa shape index (κ1) is 16.0. The van der Waals surface area contributed by atoms with Gasteiger partial charge in [-0.05, 0) is 26.2 Å². The van der Waals surface area contributed by atoms with Crippen LogP contribution in [0.15, 0.2) is 6.20 Å². The lowest BCUT2D eigenvalue weighted by Crippen LogP contribution is -2.40. The number of amides is 2. The van der Waals surface area contributed by atoms with E-state index in [1.54, 1.807) is 0 Å². The van der Waals surface area contributed by atoms with Crippen molar-refractivity contribution in [2.24, 2.45) is 0 Å². The van der Waals surface area contributed by atoms with Gasteiger partial charge in [-0.25, -0.2) is 4.98 Å². The van der Waals surface area contributed by atoms with Crippen molar-refractivity contribution in [1.82, 2.24) is 19.4 Å². The molecule has 1 fully saturated rings. The van der Waals surface area contributed by atoms with Crippen LogP contribution in [0.5, 0.6) is 0 Å². The largest absolute Gasteiger partial charge is 0.342 e. The number of likely N-dealkylation sites (tertiary alicyclic amines) is 1. The number of fused-ring (bicyclic) bond motifs is 1. The van der Waals surface area contributed by atoms with Crippen LogP contribution in [0, 0.1) is 0 Å². The quantitative estimate of drug-likeness (QED) is 0.850. The lowest BCUT2D eigenvalue weighted by molar-refractivity contribution is -0.134. The van der Waals surface area contributed by atoms with Gasteiger partial charge in [0.15, 0.2) is 0 Å². The molecule has 126 valence electrons. The Morgan fingerprint density at radius 3 is 2.61 bits per heavy atom. The second-order valence-electron chi connectivity index (χ2n) is 6.56. The molecule has 6 heteroatoms. The fourth-order valence-corrected chi connectivity index (χ4v) is 3.56. The molecule has 0 aliphatic carbocycles. The van der Waals surface area contributed by atoms with Crippen LogP contribution in [-0.4, -0.2) is 50.8 Å². The van der Waals surface area contributed by atoms with Gasteiger partial charge in [-0.3, -0.25) is 9.59 Å². The van der Waals surface area contributed by atoms with E-state index in [0.717, 1.165) is 57.0 Å². The Kier molecular flexibility index (Phi) is 4.68. The molecule has 2 amide bonds. The second kappa shape index (κ2) is 6.72. The summed E-state index contributed by atoms with van der Waals surface area (Å²) < 4.78 is 2.10. The van der Waals surface area contributed by atoms with Crippen LogP contribution in [0.2, 0.25) is 0 Å². The lowest BCUT2D eigenvalue weighted by Gasteiger charge is -2.33. The maximum absolute atomic E-state index is 12.3. The summed E-state index contributed by atoms with van der Waals surface area (Å²) in [6, 6.07) is -0.0153. The van der Waals surface area contributed by atoms with Crippen LogP contribution in [0.3, 0.4) is 0 Å². The molecule has 6 nitrogen and oxygen atoms in total. The zero-order valence-corrected chi connectivity index (χ0v) is 14.1. The minimum absolute atomic E-state index is 0.0153. The summed E-state index contributed by atoms with van der Waals surface area (Å²) in [5.74, 6) is 1.28. The maximum Gasteiger partial charge on any atom is 0.228 e. The molecule has 0 aromatic carbocycles. The molecule has 2 aliphatic rings. The first-order valence-electron chi connectivity index (χ1n) is 8.73. The molecule has 0 saturated carbocycles. The van der Waals surface area contributed by atoms with Crippen LogP contribution < -0.4 is 0 Å². The maximum atomic E-state index is 12.3. The summed E-state index contributed by atoms with van der Waals surface area (Å²) in [5.41, 5.74) is 0.827. The lowest BCUT2D eigenvalue weighted by atomic mass is 10.2. The van der Waals surface area contributed by atoms with Crippen molar-refractivity contribution < 1.29 is 9.59 Å². The third-order valence-electron chi connectivity index (χ3n) is 4.86. The van der Waals surface area contributed by atoms with Crippen LogP contribution in [0.1, 0.15) is 57.1 Å². The fourth-order valence-electron chi connectivity index (χ4n) is 3.56. The van der Waals surface area contributed by atoms with E-state index in [-0.39, 0.29) is 17.9 Å². The number of aromatic nitrogens is 2. The van der Waals surface area contributed by atoms with Crippen molar-refractivity contribution in [3.63, 3.8) is 0 Å². The predicted molar refractivity (Wildman–Crippen MR) is 86.8 cm³/mol. The van der Waals surface area contributed by atoms with E-state index in [9.17, 15) is 9.59 Å². The van der Waals surface area contributed by atoms with E-state index in [4.69, 9.17) is 0 Å². The molecular formula is C17H26N4O2. The van der Waals surface area contributed by atoms with E-state index in [1.807, 2.05) is 29.8 Å². The molecule has 0 bridgehead atoms. The third-order valence-corrected chi connectivity index (χ3v) is 4.86. The molecular weight excluding hydrogens is 292 g/mol. The van der Waals surface area contributed by atoms with Gasteiger partial charge in [-0.2, -0.15) is 0 Å². The average Bonchev–Trinajstić information content (AvgIpc) is 3.16. The Balaban J connectivity index is 1.70. The minimum Gasteiger partial charge on any atom is -0.342 e. The van der Waals surface area contributed by atoms with E-state index in [2.05, 4.69) is 9.55 Å². The smallest absolute Gasteiger partial charge is 0.228 e. The minimum atomic E-state index is -0.0153. The van der Waals surface area contributed by atoms with Gasteiger partial charge in [0.25, 0.3) is 0 Å². The average molecular weight is 318 g/mol. The van der Waals surface area contributed by atoms with E-state index in [1.165, 1.54) is 0 Å². The summed E-state index contributed by atoms with van der Waals surface area (Å²) in [6.45, 7) is 7.29. The molecule has 1 saturated heterocycles. The standard InChI is InChI=1S/C17H26N4O2/c1-3-6-15(22)21-10-9-20-12-14(18-17(20)13(21)2)11-16(23)19-7-4-5-8-19/h12-13H,3-11H2,1-2H3. The highest BCUT2D eigenvalue weighted by Crippen LogP contribution is 2.25. The Hall–Kier alpha value is -1.85. The Bertz CT molecular complexity index is 589. The van der Waals surface area contributed by atoms with Gasteiger partial charge < -0.3 is 14.4 Å². The number of carbonyl (C=O) groups is 2. The highest BCUT2D eigenvalue weighted by atomic mass is 16.2. The van der Waals surface area contributed by atoms with E-state index < -0.39 is 0 Å². The van der Waals surface area contributed by atoms with Gasteiger partial charge in [0, 0.05) is 38.8 Å². The molecule has 0 radical (unpaired) electrons. The highest BCUT2D eigenvalue weighted by molar-refractivity contribution is 5.78. The number of carbonyl (C=O) groups excluding carboxylic acids is 2. The number of rotatable bonds is 4. The van der Waals surface area contributed by atoms with E-state index in [0.29, 0.717) is 12.8 Å². The fraction of sp³-hybridized carbons (Fsp3) is 0.706. The number of hydrogen-bond donors (Lipinski definition) is 0. The SMILES string of the molecule is CCCC(=O)N1CCn2cc(CC(=O)N3CCCC3)nc2C1C. The summed E-state index contributed by atoms with van der Waals surface area (Å²) in [6.07, 6.45) is 6.03. The van der Waals surface area contributed by atoms with Gasteiger partial charge in [-0.1, -0.05) is 6.92 Å². The van der Waals surface area contributed by atoms with Crippen LogP contribution in [0.4, 0.5) is 0 Å². The summed E-state index contributed by atoms with van der Waals surface area (Å²) >= 11 is 0. The van der Waals surface area contributed by atoms with Gasteiger partial charge >= 0.3 is 0 Å². The Morgan fingerprint density at radius 1 is 1.17 bits per heavy atom. The molecule has 1 aromatic heterocycles. The van der Waals surface area contributed by atoms with Gasteiger partial charge in [0.05, 0.1) is 18.2 Å². The van der Waals surface area contributed by atoms with Gasteiger partial charge in [-0.15, -0.1) is 0 Å². The first-order chi connectivity index (χ1) is 11.1. The Morgan fingerprint density at radius 2 is 1.91 bits per heavy atom. The third kappa shape index (κ3) is 3.26. The molecule has 1 unspecified atom stereocenters. The zero-order valence-electron chi connectivity index (χ0n) is 14.1. The number of hydrogen-bond acceptors (Lipinski definition) is 3. The van der Waals surface area contributed by atoms with Crippen molar-refractivity contribution in [3.05, 3.63) is 17.7 Å². The predicted octanol–water partition coefficient (Wildman–Crippen LogP) is 1.75. The molecule has 0 spiro atoms. The van der Waals surface area contributed by atoms with Crippen LogP contribution >= 0.6 is 0 Å². The molecule has 1 aromatic rings. The number of nitrogens with zero attached hydrogens (tertiary/aromatic N) is 4. The first-order valence-corrected chi connectivity index (χ1v) is 8.73. The number of imidazole rings is 1. The monoisotopic (exact) mass is 318 g/mol. The molecule has 3 heterocycles. The van der Waals surface area contributed by atoms with Crippen molar-refractivity contribution in [1.29, 1.82) is 0 Å². The highest BCUT2D eigenvalue weighted by Gasteiger charge is 2.29. The van der Waals surface area contributed by atoms with Crippen molar-refractivity contribution >= 4 is 11.8 Å². The summed E-state index contributed by atoms with van der Waals surface area (Å²) in [4.78, 5) is 33.0. The van der Waals surface area contributed by atoms with E-state index >= 15 is 0 Å². The van der Waals surface area contributed by atoms with Crippen LogP contribution in [-0.2, 0) is 22.6 Å². The normalized spacial score (nSPS) is 20.7. The summed E-state index contributed by atoms with van der Waals surface area (Å²) in [5, 5.41) is 0. The van der Waals surface area contributed by atoms with Crippen LogP contribution in [0.25, 0.3) is 0 Å². The Labute approximate surface area is 137 Å². The van der Waals surface area contributed by atoms with Crippen molar-refractivity contribution in [2.45, 2.75) is 58.5 Å². The molecule has 1 atom stereocenters. The topological polar surface area (TPSA) is 58.4 Å². The molecule has 23 heavy (non-hydrogen) atoms. The van der Waals surface area contributed by atoms with Gasteiger partial charge in [0.2, 0.25) is 11.8 Å². The van der Waals surface area contributed by atoms with Gasteiger partial charge in [0.1, 0.15) is 5.82 Å². The van der Waals surface area contributed by atoms with Crippen molar-refractivity contribution in [2.75, 3.05) is 19.6 Å².